The minimum Gasteiger partial charge on any atom is -0.484 e. The highest BCUT2D eigenvalue weighted by Gasteiger charge is 2.19. The number of carbonyl (C=O) groups is 1. The molecule has 7 heteroatoms. The van der Waals surface area contributed by atoms with Gasteiger partial charge >= 0.3 is 0 Å². The molecule has 1 amide bonds. The van der Waals surface area contributed by atoms with Crippen LogP contribution in [0.15, 0.2) is 35.7 Å². The summed E-state index contributed by atoms with van der Waals surface area (Å²) in [5.41, 5.74) is 1.22. The van der Waals surface area contributed by atoms with Gasteiger partial charge in [0.2, 0.25) is 0 Å². The number of halogens is 1. The number of aryl methyl sites for hydroxylation is 1. The predicted octanol–water partition coefficient (Wildman–Crippen LogP) is 3.45. The molecule has 0 bridgehead atoms. The van der Waals surface area contributed by atoms with Crippen LogP contribution in [0.5, 0.6) is 5.75 Å². The fraction of sp³-hybridized carbons (Fsp3) is 0.450. The maximum Gasteiger partial charge on any atom is 0.260 e. The number of amides is 1. The third kappa shape index (κ3) is 6.21. The second kappa shape index (κ2) is 10.1. The molecule has 5 nitrogen and oxygen atoms in total. The van der Waals surface area contributed by atoms with Crippen LogP contribution in [0.2, 0.25) is 5.02 Å². The third-order valence-corrected chi connectivity index (χ3v) is 5.88. The van der Waals surface area contributed by atoms with Crippen molar-refractivity contribution in [1.82, 2.24) is 9.80 Å². The van der Waals surface area contributed by atoms with Gasteiger partial charge in [-0.25, -0.2) is 0 Å². The van der Waals surface area contributed by atoms with E-state index in [0.717, 1.165) is 32.8 Å². The largest absolute Gasteiger partial charge is 0.484 e. The molecule has 27 heavy (non-hydrogen) atoms. The molecule has 0 saturated carbocycles. The minimum absolute atomic E-state index is 0.00832. The molecule has 146 valence electrons. The third-order valence-electron chi connectivity index (χ3n) is 4.62. The van der Waals surface area contributed by atoms with E-state index in [2.05, 4.69) is 23.3 Å². The monoisotopic (exact) mass is 408 g/mol. The van der Waals surface area contributed by atoms with Crippen LogP contribution in [0.3, 0.4) is 0 Å². The Morgan fingerprint density at radius 1 is 1.26 bits per heavy atom. The molecule has 0 unspecified atom stereocenters. The molecule has 1 aromatic heterocycles. The van der Waals surface area contributed by atoms with Crippen LogP contribution < -0.4 is 4.74 Å². The molecule has 0 N–H and O–H groups in total. The Kier molecular flexibility index (Phi) is 7.52. The predicted molar refractivity (Wildman–Crippen MR) is 109 cm³/mol. The van der Waals surface area contributed by atoms with Gasteiger partial charge in [-0.2, -0.15) is 0 Å². The van der Waals surface area contributed by atoms with E-state index in [0.29, 0.717) is 23.9 Å². The first-order chi connectivity index (χ1) is 13.1. The average molecular weight is 409 g/mol. The van der Waals surface area contributed by atoms with E-state index in [4.69, 9.17) is 21.1 Å². The Morgan fingerprint density at radius 2 is 2.00 bits per heavy atom. The van der Waals surface area contributed by atoms with Crippen molar-refractivity contribution in [3.05, 3.63) is 51.2 Å². The Morgan fingerprint density at radius 3 is 2.67 bits per heavy atom. The van der Waals surface area contributed by atoms with Gasteiger partial charge in [0.05, 0.1) is 19.8 Å². The number of hydrogen-bond donors (Lipinski definition) is 0. The van der Waals surface area contributed by atoms with Gasteiger partial charge in [-0.1, -0.05) is 11.6 Å². The summed E-state index contributed by atoms with van der Waals surface area (Å²) in [5.74, 6) is 0.638. The van der Waals surface area contributed by atoms with Crippen LogP contribution in [0.25, 0.3) is 0 Å². The smallest absolute Gasteiger partial charge is 0.260 e. The van der Waals surface area contributed by atoms with Gasteiger partial charge in [-0.3, -0.25) is 9.69 Å². The van der Waals surface area contributed by atoms with Crippen LogP contribution >= 0.6 is 22.9 Å². The van der Waals surface area contributed by atoms with E-state index in [1.54, 1.807) is 35.6 Å². The van der Waals surface area contributed by atoms with Crippen LogP contribution in [0.1, 0.15) is 10.4 Å². The first-order valence-electron chi connectivity index (χ1n) is 9.11. The van der Waals surface area contributed by atoms with Gasteiger partial charge in [-0.15, -0.1) is 11.3 Å². The van der Waals surface area contributed by atoms with Crippen molar-refractivity contribution < 1.29 is 14.3 Å². The maximum absolute atomic E-state index is 12.8. The summed E-state index contributed by atoms with van der Waals surface area (Å²) >= 11 is 7.58. The standard InChI is InChI=1S/C20H25ClN2O3S/c1-16-6-13-27-19(16)14-23(8-7-22-9-11-25-12-10-22)20(24)15-26-18-4-2-17(21)3-5-18/h2-6,13H,7-12,14-15H2,1H3. The van der Waals surface area contributed by atoms with Crippen molar-refractivity contribution in [2.75, 3.05) is 46.0 Å². The topological polar surface area (TPSA) is 42.0 Å². The molecule has 3 rings (SSSR count). The highest BCUT2D eigenvalue weighted by molar-refractivity contribution is 7.10. The highest BCUT2D eigenvalue weighted by Crippen LogP contribution is 2.19. The maximum atomic E-state index is 12.8. The van der Waals surface area contributed by atoms with Crippen molar-refractivity contribution in [2.45, 2.75) is 13.5 Å². The molecule has 1 aromatic carbocycles. The number of hydrogen-bond acceptors (Lipinski definition) is 5. The Hall–Kier alpha value is -1.60. The van der Waals surface area contributed by atoms with Crippen LogP contribution in [0.4, 0.5) is 0 Å². The van der Waals surface area contributed by atoms with Crippen molar-refractivity contribution in [1.29, 1.82) is 0 Å². The van der Waals surface area contributed by atoms with Crippen molar-refractivity contribution >= 4 is 28.8 Å². The molecule has 1 fully saturated rings. The molecule has 0 atom stereocenters. The molecule has 2 aromatic rings. The molecule has 1 aliphatic heterocycles. The summed E-state index contributed by atoms with van der Waals surface area (Å²) in [6.45, 7) is 7.62. The average Bonchev–Trinajstić information content (AvgIpc) is 3.09. The normalized spacial score (nSPS) is 14.9. The van der Waals surface area contributed by atoms with Crippen LogP contribution in [-0.2, 0) is 16.1 Å². The SMILES string of the molecule is Cc1ccsc1CN(CCN1CCOCC1)C(=O)COc1ccc(Cl)cc1. The van der Waals surface area contributed by atoms with Gasteiger partial charge in [-0.05, 0) is 48.2 Å². The van der Waals surface area contributed by atoms with Crippen molar-refractivity contribution in [3.63, 3.8) is 0 Å². The Balaban J connectivity index is 1.59. The molecule has 1 saturated heterocycles. The second-order valence-electron chi connectivity index (χ2n) is 6.54. The number of nitrogens with zero attached hydrogens (tertiary/aromatic N) is 2. The molecular weight excluding hydrogens is 384 g/mol. The zero-order valence-corrected chi connectivity index (χ0v) is 17.1. The first-order valence-corrected chi connectivity index (χ1v) is 10.4. The van der Waals surface area contributed by atoms with Crippen molar-refractivity contribution in [2.24, 2.45) is 0 Å². The fourth-order valence-corrected chi connectivity index (χ4v) is 3.93. The summed E-state index contributed by atoms with van der Waals surface area (Å²) in [6.07, 6.45) is 0. The van der Waals surface area contributed by atoms with E-state index in [9.17, 15) is 4.79 Å². The molecule has 0 radical (unpaired) electrons. The van der Waals surface area contributed by atoms with E-state index >= 15 is 0 Å². The lowest BCUT2D eigenvalue weighted by Crippen LogP contribution is -2.44. The van der Waals surface area contributed by atoms with E-state index in [1.807, 2.05) is 4.90 Å². The Bertz CT molecular complexity index is 729. The minimum atomic E-state index is -0.00832. The zero-order chi connectivity index (χ0) is 19.1. The molecule has 0 spiro atoms. The number of benzene rings is 1. The first kappa shape index (κ1) is 20.1. The summed E-state index contributed by atoms with van der Waals surface area (Å²) in [5, 5.41) is 2.72. The lowest BCUT2D eigenvalue weighted by atomic mass is 10.2. The number of thiophene rings is 1. The van der Waals surface area contributed by atoms with Crippen LogP contribution in [-0.4, -0.2) is 61.7 Å². The lowest BCUT2D eigenvalue weighted by Gasteiger charge is -2.30. The number of carbonyl (C=O) groups excluding carboxylic acids is 1. The van der Waals surface area contributed by atoms with Gasteiger partial charge in [0.1, 0.15) is 5.75 Å². The van der Waals surface area contributed by atoms with Gasteiger partial charge in [0.25, 0.3) is 5.91 Å². The number of rotatable bonds is 8. The van der Waals surface area contributed by atoms with Gasteiger partial charge in [0.15, 0.2) is 6.61 Å². The fourth-order valence-electron chi connectivity index (χ4n) is 2.89. The summed E-state index contributed by atoms with van der Waals surface area (Å²) < 4.78 is 11.1. The molecular formula is C20H25ClN2O3S. The Labute approximate surface area is 169 Å². The quantitative estimate of drug-likeness (QED) is 0.671. The summed E-state index contributed by atoms with van der Waals surface area (Å²) in [6, 6.07) is 9.15. The number of morpholine rings is 1. The molecule has 2 heterocycles. The van der Waals surface area contributed by atoms with E-state index in [1.165, 1.54) is 10.4 Å². The summed E-state index contributed by atoms with van der Waals surface area (Å²) in [7, 11) is 0. The number of ether oxygens (including phenoxy) is 2. The highest BCUT2D eigenvalue weighted by atomic mass is 35.5. The van der Waals surface area contributed by atoms with Gasteiger partial charge in [0, 0.05) is 36.1 Å². The molecule has 1 aliphatic rings. The second-order valence-corrected chi connectivity index (χ2v) is 7.98. The zero-order valence-electron chi connectivity index (χ0n) is 15.5. The lowest BCUT2D eigenvalue weighted by molar-refractivity contribution is -0.134. The van der Waals surface area contributed by atoms with Crippen molar-refractivity contribution in [3.8, 4) is 5.75 Å². The van der Waals surface area contributed by atoms with Gasteiger partial charge < -0.3 is 14.4 Å². The van der Waals surface area contributed by atoms with Crippen LogP contribution in [0, 0.1) is 6.92 Å². The molecule has 0 aliphatic carbocycles. The summed E-state index contributed by atoms with van der Waals surface area (Å²) in [4.78, 5) is 18.3. The van der Waals surface area contributed by atoms with E-state index in [-0.39, 0.29) is 12.5 Å². The van der Waals surface area contributed by atoms with E-state index < -0.39 is 0 Å².